The number of hydrogen-bond donors (Lipinski definition) is 1. The summed E-state index contributed by atoms with van der Waals surface area (Å²) < 4.78 is 1.31. The number of hydrogen-bond acceptors (Lipinski definition) is 3. The van der Waals surface area contributed by atoms with E-state index in [1.807, 2.05) is 6.07 Å². The van der Waals surface area contributed by atoms with Gasteiger partial charge in [0.25, 0.3) is 0 Å². The van der Waals surface area contributed by atoms with Gasteiger partial charge in [0.15, 0.2) is 0 Å². The molecule has 0 atom stereocenters. The Hall–Kier alpha value is -2.17. The first-order chi connectivity index (χ1) is 8.33. The van der Waals surface area contributed by atoms with Gasteiger partial charge in [-0.05, 0) is 42.5 Å². The molecular weight excluding hydrogens is 216 g/mol. The molecule has 0 amide bonds. The summed E-state index contributed by atoms with van der Waals surface area (Å²) in [5, 5.41) is 4.92. The fourth-order valence-corrected chi connectivity index (χ4v) is 2.65. The topological polar surface area (TPSA) is 63.0 Å². The van der Waals surface area contributed by atoms with E-state index >= 15 is 0 Å². The van der Waals surface area contributed by atoms with Crippen molar-refractivity contribution in [1.29, 1.82) is 0 Å². The van der Waals surface area contributed by atoms with Crippen molar-refractivity contribution in [2.45, 2.75) is 19.3 Å². The maximum atomic E-state index is 11.7. The normalized spacial score (nSPS) is 14.6. The van der Waals surface area contributed by atoms with Crippen LogP contribution in [0.5, 0.6) is 0 Å². The van der Waals surface area contributed by atoms with Gasteiger partial charge in [-0.2, -0.15) is 14.6 Å². The Morgan fingerprint density at radius 3 is 2.94 bits per heavy atom. The quantitative estimate of drug-likeness (QED) is 0.623. The van der Waals surface area contributed by atoms with Crippen LogP contribution in [0.1, 0.15) is 17.5 Å². The molecule has 0 spiro atoms. The molecule has 84 valence electrons. The highest BCUT2D eigenvalue weighted by atomic mass is 16.1. The van der Waals surface area contributed by atoms with E-state index in [0.717, 1.165) is 29.4 Å². The summed E-state index contributed by atoms with van der Waals surface area (Å²) >= 11 is 0. The second kappa shape index (κ2) is 2.94. The van der Waals surface area contributed by atoms with Crippen molar-refractivity contribution in [2.24, 2.45) is 0 Å². The van der Waals surface area contributed by atoms with E-state index in [9.17, 15) is 4.79 Å². The van der Waals surface area contributed by atoms with E-state index < -0.39 is 0 Å². The molecule has 2 heterocycles. The minimum Gasteiger partial charge on any atom is -0.329 e. The van der Waals surface area contributed by atoms with Crippen LogP contribution in [0.4, 0.5) is 0 Å². The number of aromatic nitrogens is 4. The first-order valence-electron chi connectivity index (χ1n) is 5.71. The molecule has 3 aromatic rings. The summed E-state index contributed by atoms with van der Waals surface area (Å²) in [5.74, 6) is 0. The molecule has 0 fully saturated rings. The number of benzene rings is 1. The lowest BCUT2D eigenvalue weighted by Crippen LogP contribution is -2.17. The monoisotopic (exact) mass is 226 g/mol. The number of aromatic amines is 1. The predicted molar refractivity (Wildman–Crippen MR) is 63.1 cm³/mol. The van der Waals surface area contributed by atoms with Crippen molar-refractivity contribution in [3.05, 3.63) is 40.1 Å². The van der Waals surface area contributed by atoms with Crippen LogP contribution < -0.4 is 5.69 Å². The van der Waals surface area contributed by atoms with Crippen molar-refractivity contribution in [3.8, 4) is 0 Å². The molecule has 0 unspecified atom stereocenters. The van der Waals surface area contributed by atoms with Crippen LogP contribution in [-0.4, -0.2) is 19.6 Å². The van der Waals surface area contributed by atoms with E-state index in [2.05, 4.69) is 21.1 Å². The fourth-order valence-electron chi connectivity index (χ4n) is 2.65. The van der Waals surface area contributed by atoms with Crippen molar-refractivity contribution >= 4 is 16.6 Å². The van der Waals surface area contributed by atoms with Crippen LogP contribution in [0.15, 0.2) is 23.3 Å². The zero-order valence-electron chi connectivity index (χ0n) is 9.10. The fraction of sp³-hybridized carbons (Fsp3) is 0.250. The number of aryl methyl sites for hydroxylation is 2. The molecule has 0 bridgehead atoms. The van der Waals surface area contributed by atoms with Gasteiger partial charge in [-0.15, -0.1) is 0 Å². The van der Waals surface area contributed by atoms with Crippen molar-refractivity contribution in [2.75, 3.05) is 0 Å². The van der Waals surface area contributed by atoms with Gasteiger partial charge in [-0.25, -0.2) is 4.79 Å². The number of fused-ring (bicyclic) bond motifs is 4. The summed E-state index contributed by atoms with van der Waals surface area (Å²) in [7, 11) is 0. The smallest absolute Gasteiger partial charge is 0.329 e. The van der Waals surface area contributed by atoms with Crippen molar-refractivity contribution in [1.82, 2.24) is 19.6 Å². The molecule has 1 aliphatic carbocycles. The molecule has 4 rings (SSSR count). The Morgan fingerprint density at radius 2 is 2.06 bits per heavy atom. The summed E-state index contributed by atoms with van der Waals surface area (Å²) in [6, 6.07) is 4.18. The van der Waals surface area contributed by atoms with Gasteiger partial charge in [0.2, 0.25) is 0 Å². The van der Waals surface area contributed by atoms with Gasteiger partial charge >= 0.3 is 5.69 Å². The van der Waals surface area contributed by atoms with Crippen LogP contribution >= 0.6 is 0 Å². The zero-order valence-corrected chi connectivity index (χ0v) is 9.10. The highest BCUT2D eigenvalue weighted by Crippen LogP contribution is 2.27. The molecular formula is C12H10N4O. The first-order valence-corrected chi connectivity index (χ1v) is 5.71. The molecule has 17 heavy (non-hydrogen) atoms. The zero-order chi connectivity index (χ0) is 11.4. The molecule has 1 aliphatic rings. The van der Waals surface area contributed by atoms with E-state index in [1.165, 1.54) is 28.4 Å². The number of nitrogens with one attached hydrogen (secondary N) is 1. The van der Waals surface area contributed by atoms with Crippen LogP contribution in [-0.2, 0) is 12.8 Å². The second-order valence-electron chi connectivity index (χ2n) is 4.44. The summed E-state index contributed by atoms with van der Waals surface area (Å²) in [6.07, 6.45) is 4.92. The largest absolute Gasteiger partial charge is 0.370 e. The van der Waals surface area contributed by atoms with E-state index in [-0.39, 0.29) is 5.69 Å². The maximum absolute atomic E-state index is 11.7. The Morgan fingerprint density at radius 1 is 1.24 bits per heavy atom. The molecule has 5 nitrogen and oxygen atoms in total. The number of nitrogens with zero attached hydrogens (tertiary/aromatic N) is 3. The Kier molecular flexibility index (Phi) is 1.54. The average Bonchev–Trinajstić information content (AvgIpc) is 2.95. The summed E-state index contributed by atoms with van der Waals surface area (Å²) in [5.41, 5.74) is 3.86. The van der Waals surface area contributed by atoms with Gasteiger partial charge in [-0.1, -0.05) is 0 Å². The lowest BCUT2D eigenvalue weighted by atomic mass is 10.1. The molecule has 0 aliphatic heterocycles. The summed E-state index contributed by atoms with van der Waals surface area (Å²) in [4.78, 5) is 18.8. The number of H-pyrrole nitrogens is 1. The third-order valence-electron chi connectivity index (χ3n) is 3.45. The van der Waals surface area contributed by atoms with E-state index in [0.29, 0.717) is 0 Å². The highest BCUT2D eigenvalue weighted by Gasteiger charge is 2.15. The standard InChI is InChI=1S/C12H10N4O/c17-12-15-10-5-8-3-1-2-7(8)4-9(10)11-13-6-14-16(11)12/h4-6H,1-3H2,(H,13,14). The van der Waals surface area contributed by atoms with Crippen LogP contribution in [0.2, 0.25) is 0 Å². The van der Waals surface area contributed by atoms with E-state index in [1.54, 1.807) is 0 Å². The van der Waals surface area contributed by atoms with Gasteiger partial charge < -0.3 is 4.98 Å². The maximum Gasteiger partial charge on any atom is 0.370 e. The molecule has 0 saturated carbocycles. The van der Waals surface area contributed by atoms with Gasteiger partial charge in [0.05, 0.1) is 5.52 Å². The Labute approximate surface area is 96.1 Å². The van der Waals surface area contributed by atoms with Gasteiger partial charge in [0, 0.05) is 5.39 Å². The SMILES string of the molecule is O=c1nc2cc3c(cc2c2[nH]cnn12)CCC3. The van der Waals surface area contributed by atoms with Crippen molar-refractivity contribution in [3.63, 3.8) is 0 Å². The molecule has 2 aromatic heterocycles. The van der Waals surface area contributed by atoms with Crippen molar-refractivity contribution < 1.29 is 0 Å². The average molecular weight is 226 g/mol. The molecule has 1 aromatic carbocycles. The van der Waals surface area contributed by atoms with Crippen LogP contribution in [0, 0.1) is 0 Å². The molecule has 1 N–H and O–H groups in total. The number of rotatable bonds is 0. The van der Waals surface area contributed by atoms with Crippen LogP contribution in [0.3, 0.4) is 0 Å². The van der Waals surface area contributed by atoms with Crippen LogP contribution in [0.25, 0.3) is 16.6 Å². The lowest BCUT2D eigenvalue weighted by molar-refractivity contribution is 0.881. The minimum atomic E-state index is -0.327. The second-order valence-corrected chi connectivity index (χ2v) is 4.44. The Balaban J connectivity index is 2.26. The first kappa shape index (κ1) is 8.92. The molecule has 0 saturated heterocycles. The molecule has 5 heteroatoms. The Bertz CT molecular complexity index is 799. The lowest BCUT2D eigenvalue weighted by Gasteiger charge is -2.03. The van der Waals surface area contributed by atoms with Gasteiger partial charge in [0.1, 0.15) is 12.0 Å². The third-order valence-corrected chi connectivity index (χ3v) is 3.45. The summed E-state index contributed by atoms with van der Waals surface area (Å²) in [6.45, 7) is 0. The van der Waals surface area contributed by atoms with E-state index in [4.69, 9.17) is 0 Å². The third kappa shape index (κ3) is 1.11. The minimum absolute atomic E-state index is 0.327. The highest BCUT2D eigenvalue weighted by molar-refractivity contribution is 5.92. The molecule has 0 radical (unpaired) electrons. The van der Waals surface area contributed by atoms with Gasteiger partial charge in [-0.3, -0.25) is 0 Å². The predicted octanol–water partition coefficient (Wildman–Crippen LogP) is 1.06.